The van der Waals surface area contributed by atoms with Crippen LogP contribution in [0, 0.1) is 11.8 Å². The number of carbonyl (C=O) groups is 1. The Labute approximate surface area is 109 Å². The molecular weight excluding hydrogens is 224 g/mol. The smallest absolute Gasteiger partial charge is 0.165 e. The topological polar surface area (TPSA) is 26.3 Å². The zero-order valence-electron chi connectivity index (χ0n) is 11.9. The van der Waals surface area contributed by atoms with Crippen molar-refractivity contribution in [2.75, 3.05) is 6.61 Å². The van der Waals surface area contributed by atoms with Gasteiger partial charge in [-0.15, -0.1) is 0 Å². The van der Waals surface area contributed by atoms with Gasteiger partial charge in [-0.3, -0.25) is 4.79 Å². The van der Waals surface area contributed by atoms with Crippen LogP contribution >= 0.6 is 0 Å². The second kappa shape index (κ2) is 4.42. The van der Waals surface area contributed by atoms with E-state index >= 15 is 0 Å². The van der Waals surface area contributed by atoms with Gasteiger partial charge in [-0.05, 0) is 24.1 Å². The van der Waals surface area contributed by atoms with Gasteiger partial charge in [0.25, 0.3) is 0 Å². The van der Waals surface area contributed by atoms with Crippen LogP contribution in [-0.2, 0) is 5.41 Å². The molecule has 18 heavy (non-hydrogen) atoms. The van der Waals surface area contributed by atoms with E-state index in [4.69, 9.17) is 4.74 Å². The molecule has 0 fully saturated rings. The van der Waals surface area contributed by atoms with Crippen LogP contribution in [0.1, 0.15) is 50.5 Å². The first-order chi connectivity index (χ1) is 8.33. The number of hydrogen-bond acceptors (Lipinski definition) is 2. The van der Waals surface area contributed by atoms with Crippen molar-refractivity contribution < 1.29 is 9.53 Å². The minimum absolute atomic E-state index is 0.00664. The lowest BCUT2D eigenvalue weighted by atomic mass is 9.83. The Hall–Kier alpha value is -1.31. The Morgan fingerprint density at radius 3 is 2.56 bits per heavy atom. The minimum atomic E-state index is 0.00664. The molecule has 2 rings (SSSR count). The normalized spacial score (nSPS) is 18.3. The molecule has 1 aliphatic rings. The molecule has 0 N–H and O–H groups in total. The summed E-state index contributed by atoms with van der Waals surface area (Å²) in [5, 5.41) is 0. The van der Waals surface area contributed by atoms with Gasteiger partial charge in [0.05, 0.1) is 6.61 Å². The third-order valence-electron chi connectivity index (χ3n) is 4.00. The van der Waals surface area contributed by atoms with Crippen molar-refractivity contribution in [2.45, 2.75) is 40.0 Å². The van der Waals surface area contributed by atoms with Crippen LogP contribution in [0.15, 0.2) is 18.2 Å². The van der Waals surface area contributed by atoms with E-state index in [9.17, 15) is 4.79 Å². The summed E-state index contributed by atoms with van der Waals surface area (Å²) in [5.41, 5.74) is 1.98. The Morgan fingerprint density at radius 2 is 1.94 bits per heavy atom. The van der Waals surface area contributed by atoms with Gasteiger partial charge in [-0.25, -0.2) is 0 Å². The molecular formula is C16H22O2. The van der Waals surface area contributed by atoms with E-state index in [2.05, 4.69) is 27.7 Å². The van der Waals surface area contributed by atoms with Crippen molar-refractivity contribution in [1.82, 2.24) is 0 Å². The highest BCUT2D eigenvalue weighted by Gasteiger charge is 2.32. The molecule has 0 radical (unpaired) electrons. The summed E-state index contributed by atoms with van der Waals surface area (Å²) in [6, 6.07) is 5.84. The summed E-state index contributed by atoms with van der Waals surface area (Å²) in [7, 11) is 0. The number of hydrogen-bond donors (Lipinski definition) is 0. The number of carbonyl (C=O) groups excluding carboxylic acids is 1. The molecule has 1 heterocycles. The average molecular weight is 246 g/mol. The second-order valence-electron chi connectivity index (χ2n) is 6.28. The van der Waals surface area contributed by atoms with Crippen molar-refractivity contribution >= 4 is 5.78 Å². The first-order valence-electron chi connectivity index (χ1n) is 6.64. The second-order valence-corrected chi connectivity index (χ2v) is 6.28. The van der Waals surface area contributed by atoms with Crippen molar-refractivity contribution in [2.24, 2.45) is 11.8 Å². The fourth-order valence-electron chi connectivity index (χ4n) is 2.24. The monoisotopic (exact) mass is 246 g/mol. The lowest BCUT2D eigenvalue weighted by Crippen LogP contribution is -2.20. The Bertz CT molecular complexity index is 472. The Morgan fingerprint density at radius 1 is 1.28 bits per heavy atom. The molecule has 98 valence electrons. The highest BCUT2D eigenvalue weighted by molar-refractivity contribution is 5.98. The highest BCUT2D eigenvalue weighted by Crippen LogP contribution is 2.39. The maximum atomic E-state index is 12.4. The molecule has 2 nitrogen and oxygen atoms in total. The van der Waals surface area contributed by atoms with Gasteiger partial charge in [0.15, 0.2) is 5.78 Å². The largest absolute Gasteiger partial charge is 0.492 e. The number of fused-ring (bicyclic) bond motifs is 1. The van der Waals surface area contributed by atoms with Gasteiger partial charge in [0.1, 0.15) is 5.75 Å². The predicted molar refractivity (Wildman–Crippen MR) is 73.3 cm³/mol. The number of Topliss-reactive ketones (excluding diaryl/α,β-unsaturated/α-hetero) is 1. The van der Waals surface area contributed by atoms with Crippen LogP contribution in [-0.4, -0.2) is 12.4 Å². The van der Waals surface area contributed by atoms with Crippen LogP contribution in [0.3, 0.4) is 0 Å². The summed E-state index contributed by atoms with van der Waals surface area (Å²) in [6.45, 7) is 11.2. The molecule has 0 spiro atoms. The van der Waals surface area contributed by atoms with Gasteiger partial charge in [-0.2, -0.15) is 0 Å². The van der Waals surface area contributed by atoms with Crippen LogP contribution < -0.4 is 4.74 Å². The van der Waals surface area contributed by atoms with E-state index in [1.807, 2.05) is 25.1 Å². The zero-order chi connectivity index (χ0) is 13.5. The average Bonchev–Trinajstić information content (AvgIpc) is 2.63. The van der Waals surface area contributed by atoms with Crippen molar-refractivity contribution in [1.29, 1.82) is 0 Å². The van der Waals surface area contributed by atoms with Gasteiger partial charge >= 0.3 is 0 Å². The summed E-state index contributed by atoms with van der Waals surface area (Å²) in [6.07, 6.45) is 0. The Balaban J connectivity index is 2.35. The third kappa shape index (κ3) is 2.16. The van der Waals surface area contributed by atoms with Crippen molar-refractivity contribution in [3.63, 3.8) is 0 Å². The fourth-order valence-corrected chi connectivity index (χ4v) is 2.24. The van der Waals surface area contributed by atoms with Crippen LogP contribution in [0.4, 0.5) is 0 Å². The van der Waals surface area contributed by atoms with Crippen LogP contribution in [0.25, 0.3) is 0 Å². The first kappa shape index (κ1) is 13.1. The standard InChI is InChI=1S/C16H22O2/c1-10(2)11(3)15(17)12-6-7-14-13(8-12)16(4,5)9-18-14/h6-8,10-11H,9H2,1-5H3. The Kier molecular flexibility index (Phi) is 3.22. The summed E-state index contributed by atoms with van der Waals surface area (Å²) in [5.74, 6) is 1.59. The van der Waals surface area contributed by atoms with Crippen molar-refractivity contribution in [3.8, 4) is 5.75 Å². The van der Waals surface area contributed by atoms with E-state index in [0.717, 1.165) is 16.9 Å². The molecule has 0 aliphatic carbocycles. The lowest BCUT2D eigenvalue weighted by molar-refractivity contribution is 0.0899. The summed E-state index contributed by atoms with van der Waals surface area (Å²) >= 11 is 0. The summed E-state index contributed by atoms with van der Waals surface area (Å²) < 4.78 is 5.65. The lowest BCUT2D eigenvalue weighted by Gasteiger charge is -2.18. The zero-order valence-corrected chi connectivity index (χ0v) is 11.9. The number of benzene rings is 1. The molecule has 0 amide bonds. The van der Waals surface area contributed by atoms with E-state index in [-0.39, 0.29) is 17.1 Å². The predicted octanol–water partition coefficient (Wildman–Crippen LogP) is 3.83. The molecule has 0 bridgehead atoms. The quantitative estimate of drug-likeness (QED) is 0.758. The van der Waals surface area contributed by atoms with Gasteiger partial charge in [0.2, 0.25) is 0 Å². The fraction of sp³-hybridized carbons (Fsp3) is 0.562. The van der Waals surface area contributed by atoms with Gasteiger partial charge in [-0.1, -0.05) is 34.6 Å². The molecule has 2 heteroatoms. The maximum Gasteiger partial charge on any atom is 0.165 e. The van der Waals surface area contributed by atoms with E-state index in [0.29, 0.717) is 12.5 Å². The molecule has 1 unspecified atom stereocenters. The molecule has 1 aromatic rings. The molecule has 1 atom stereocenters. The maximum absolute atomic E-state index is 12.4. The van der Waals surface area contributed by atoms with Gasteiger partial charge < -0.3 is 4.74 Å². The van der Waals surface area contributed by atoms with Gasteiger partial charge in [0, 0.05) is 22.5 Å². The van der Waals surface area contributed by atoms with Crippen LogP contribution in [0.5, 0.6) is 5.75 Å². The SMILES string of the molecule is CC(C)C(C)C(=O)c1ccc2c(c1)C(C)(C)CO2. The highest BCUT2D eigenvalue weighted by atomic mass is 16.5. The van der Waals surface area contributed by atoms with Crippen molar-refractivity contribution in [3.05, 3.63) is 29.3 Å². The van der Waals surface area contributed by atoms with E-state index < -0.39 is 0 Å². The third-order valence-corrected chi connectivity index (χ3v) is 4.00. The van der Waals surface area contributed by atoms with E-state index in [1.165, 1.54) is 0 Å². The van der Waals surface area contributed by atoms with E-state index in [1.54, 1.807) is 0 Å². The molecule has 0 saturated heterocycles. The number of ether oxygens (including phenoxy) is 1. The molecule has 1 aromatic carbocycles. The number of rotatable bonds is 3. The molecule has 0 aromatic heterocycles. The minimum Gasteiger partial charge on any atom is -0.492 e. The van der Waals surface area contributed by atoms with Crippen LogP contribution in [0.2, 0.25) is 0 Å². The molecule has 0 saturated carbocycles. The number of ketones is 1. The summed E-state index contributed by atoms with van der Waals surface area (Å²) in [4.78, 5) is 12.4. The first-order valence-corrected chi connectivity index (χ1v) is 6.64. The molecule has 1 aliphatic heterocycles.